The molecule has 1 atom stereocenters. The van der Waals surface area contributed by atoms with Gasteiger partial charge in [-0.3, -0.25) is 5.41 Å². The molecule has 0 aromatic rings. The number of amidine groups is 1. The Kier molecular flexibility index (Phi) is 2.21. The Bertz CT molecular complexity index is 161. The zero-order valence-electron chi connectivity index (χ0n) is 7.48. The van der Waals surface area contributed by atoms with Crippen molar-refractivity contribution in [3.8, 4) is 0 Å². The highest BCUT2D eigenvalue weighted by Gasteiger charge is 2.29. The zero-order valence-corrected chi connectivity index (χ0v) is 7.48. The van der Waals surface area contributed by atoms with Crippen molar-refractivity contribution in [2.45, 2.75) is 39.5 Å². The average Bonchev–Trinajstić information content (AvgIpc) is 1.85. The van der Waals surface area contributed by atoms with Crippen LogP contribution < -0.4 is 5.73 Å². The van der Waals surface area contributed by atoms with Gasteiger partial charge >= 0.3 is 0 Å². The standard InChI is InChI=1S/C9H18N2/c1-9(2)5-3-4-7(6-9)8(10)11/h7H,3-6H2,1-2H3,(H3,10,11). The van der Waals surface area contributed by atoms with Gasteiger partial charge in [-0.15, -0.1) is 0 Å². The lowest BCUT2D eigenvalue weighted by Gasteiger charge is -2.34. The van der Waals surface area contributed by atoms with Crippen LogP contribution in [-0.4, -0.2) is 5.84 Å². The Labute approximate surface area is 68.7 Å². The average molecular weight is 154 g/mol. The summed E-state index contributed by atoms with van der Waals surface area (Å²) in [5.74, 6) is 0.747. The summed E-state index contributed by atoms with van der Waals surface area (Å²) >= 11 is 0. The summed E-state index contributed by atoms with van der Waals surface area (Å²) in [6, 6.07) is 0. The minimum Gasteiger partial charge on any atom is -0.387 e. The summed E-state index contributed by atoms with van der Waals surface area (Å²) in [5, 5.41) is 7.34. The third-order valence-corrected chi connectivity index (χ3v) is 2.64. The van der Waals surface area contributed by atoms with Gasteiger partial charge < -0.3 is 5.73 Å². The maximum absolute atomic E-state index is 7.34. The van der Waals surface area contributed by atoms with E-state index in [1.807, 2.05) is 0 Å². The van der Waals surface area contributed by atoms with Gasteiger partial charge in [0.2, 0.25) is 0 Å². The predicted molar refractivity (Wildman–Crippen MR) is 47.7 cm³/mol. The van der Waals surface area contributed by atoms with Crippen molar-refractivity contribution in [3.05, 3.63) is 0 Å². The van der Waals surface area contributed by atoms with E-state index in [-0.39, 0.29) is 0 Å². The van der Waals surface area contributed by atoms with Crippen molar-refractivity contribution in [2.24, 2.45) is 17.1 Å². The molecule has 0 heterocycles. The number of hydrogen-bond acceptors (Lipinski definition) is 1. The van der Waals surface area contributed by atoms with Crippen LogP contribution in [0.1, 0.15) is 39.5 Å². The molecule has 2 nitrogen and oxygen atoms in total. The van der Waals surface area contributed by atoms with E-state index in [1.165, 1.54) is 12.8 Å². The third kappa shape index (κ3) is 2.21. The van der Waals surface area contributed by atoms with Crippen LogP contribution in [0.2, 0.25) is 0 Å². The molecular formula is C9H18N2. The number of nitrogens with one attached hydrogen (secondary N) is 1. The highest BCUT2D eigenvalue weighted by atomic mass is 14.7. The van der Waals surface area contributed by atoms with E-state index >= 15 is 0 Å². The molecule has 1 fully saturated rings. The summed E-state index contributed by atoms with van der Waals surface area (Å²) < 4.78 is 0. The van der Waals surface area contributed by atoms with E-state index < -0.39 is 0 Å². The van der Waals surface area contributed by atoms with E-state index in [0.29, 0.717) is 17.2 Å². The Morgan fingerprint density at radius 1 is 1.55 bits per heavy atom. The Balaban J connectivity index is 2.53. The van der Waals surface area contributed by atoms with Crippen molar-refractivity contribution in [2.75, 3.05) is 0 Å². The fourth-order valence-electron chi connectivity index (χ4n) is 1.96. The lowest BCUT2D eigenvalue weighted by molar-refractivity contribution is 0.214. The Hall–Kier alpha value is -0.530. The van der Waals surface area contributed by atoms with Crippen LogP contribution >= 0.6 is 0 Å². The van der Waals surface area contributed by atoms with Crippen LogP contribution in [0.4, 0.5) is 0 Å². The summed E-state index contributed by atoms with van der Waals surface area (Å²) in [5.41, 5.74) is 5.88. The fraction of sp³-hybridized carbons (Fsp3) is 0.889. The van der Waals surface area contributed by atoms with Crippen molar-refractivity contribution in [1.82, 2.24) is 0 Å². The molecule has 0 saturated heterocycles. The molecule has 1 aliphatic carbocycles. The summed E-state index contributed by atoms with van der Waals surface area (Å²) in [6.07, 6.45) is 4.75. The maximum Gasteiger partial charge on any atom is 0.0937 e. The first kappa shape index (κ1) is 8.57. The van der Waals surface area contributed by atoms with Gasteiger partial charge in [-0.2, -0.15) is 0 Å². The van der Waals surface area contributed by atoms with E-state index in [0.717, 1.165) is 12.8 Å². The van der Waals surface area contributed by atoms with Gasteiger partial charge in [0.25, 0.3) is 0 Å². The fourth-order valence-corrected chi connectivity index (χ4v) is 1.96. The quantitative estimate of drug-likeness (QED) is 0.441. The van der Waals surface area contributed by atoms with E-state index in [1.54, 1.807) is 0 Å². The normalized spacial score (nSPS) is 29.8. The molecule has 0 spiro atoms. The van der Waals surface area contributed by atoms with Crippen LogP contribution in [0.5, 0.6) is 0 Å². The minimum atomic E-state index is 0.360. The number of hydrogen-bond donors (Lipinski definition) is 2. The zero-order chi connectivity index (χ0) is 8.48. The lowest BCUT2D eigenvalue weighted by atomic mass is 9.72. The highest BCUT2D eigenvalue weighted by molar-refractivity contribution is 5.79. The first-order valence-corrected chi connectivity index (χ1v) is 4.35. The molecule has 0 aliphatic heterocycles. The second kappa shape index (κ2) is 2.84. The molecule has 0 aromatic heterocycles. The minimum absolute atomic E-state index is 0.360. The molecule has 2 heteroatoms. The van der Waals surface area contributed by atoms with E-state index in [4.69, 9.17) is 11.1 Å². The van der Waals surface area contributed by atoms with Gasteiger partial charge in [0.05, 0.1) is 5.84 Å². The molecule has 0 bridgehead atoms. The topological polar surface area (TPSA) is 49.9 Å². The Morgan fingerprint density at radius 2 is 2.18 bits per heavy atom. The van der Waals surface area contributed by atoms with Crippen LogP contribution in [0, 0.1) is 16.7 Å². The first-order chi connectivity index (χ1) is 5.01. The molecule has 1 saturated carbocycles. The van der Waals surface area contributed by atoms with Gasteiger partial charge in [0.15, 0.2) is 0 Å². The first-order valence-electron chi connectivity index (χ1n) is 4.35. The lowest BCUT2D eigenvalue weighted by Crippen LogP contribution is -2.31. The molecule has 0 amide bonds. The smallest absolute Gasteiger partial charge is 0.0937 e. The maximum atomic E-state index is 7.34. The van der Waals surface area contributed by atoms with Crippen LogP contribution in [0.25, 0.3) is 0 Å². The van der Waals surface area contributed by atoms with Crippen LogP contribution in [0.15, 0.2) is 0 Å². The molecule has 1 unspecified atom stereocenters. The molecule has 0 radical (unpaired) electrons. The van der Waals surface area contributed by atoms with Gasteiger partial charge in [-0.1, -0.05) is 20.3 Å². The Morgan fingerprint density at radius 3 is 2.55 bits per heavy atom. The monoisotopic (exact) mass is 154 g/mol. The summed E-state index contributed by atoms with van der Waals surface area (Å²) in [4.78, 5) is 0. The van der Waals surface area contributed by atoms with E-state index in [2.05, 4.69) is 13.8 Å². The molecule has 1 rings (SSSR count). The SMILES string of the molecule is CC1(C)CCCC(C(=N)N)C1. The summed E-state index contributed by atoms with van der Waals surface area (Å²) in [6.45, 7) is 4.53. The number of nitrogens with two attached hydrogens (primary N) is 1. The van der Waals surface area contributed by atoms with Crippen molar-refractivity contribution >= 4 is 5.84 Å². The van der Waals surface area contributed by atoms with Crippen molar-refractivity contribution < 1.29 is 0 Å². The predicted octanol–water partition coefficient (Wildman–Crippen LogP) is 2.14. The molecule has 64 valence electrons. The summed E-state index contributed by atoms with van der Waals surface area (Å²) in [7, 11) is 0. The van der Waals surface area contributed by atoms with Crippen LogP contribution in [0.3, 0.4) is 0 Å². The van der Waals surface area contributed by atoms with Gasteiger partial charge in [-0.25, -0.2) is 0 Å². The van der Waals surface area contributed by atoms with Gasteiger partial charge in [0.1, 0.15) is 0 Å². The second-order valence-electron chi connectivity index (χ2n) is 4.41. The molecular weight excluding hydrogens is 136 g/mol. The van der Waals surface area contributed by atoms with Crippen molar-refractivity contribution in [3.63, 3.8) is 0 Å². The van der Waals surface area contributed by atoms with Crippen LogP contribution in [-0.2, 0) is 0 Å². The highest BCUT2D eigenvalue weighted by Crippen LogP contribution is 2.38. The molecule has 1 aliphatic rings. The van der Waals surface area contributed by atoms with E-state index in [9.17, 15) is 0 Å². The van der Waals surface area contributed by atoms with Crippen molar-refractivity contribution in [1.29, 1.82) is 5.41 Å². The largest absolute Gasteiger partial charge is 0.387 e. The van der Waals surface area contributed by atoms with Gasteiger partial charge in [-0.05, 0) is 24.7 Å². The molecule has 3 N–H and O–H groups in total. The molecule has 0 aromatic carbocycles. The molecule has 11 heavy (non-hydrogen) atoms. The third-order valence-electron chi connectivity index (χ3n) is 2.64. The number of rotatable bonds is 1. The van der Waals surface area contributed by atoms with Gasteiger partial charge in [0, 0.05) is 5.92 Å². The second-order valence-corrected chi connectivity index (χ2v) is 4.41.